The molecule has 1 N–H and O–H groups in total. The molecule has 0 amide bonds. The number of likely N-dealkylation sites (N-methyl/N-ethyl adjacent to an activating group) is 1. The lowest BCUT2D eigenvalue weighted by molar-refractivity contribution is -0.150. The van der Waals surface area contributed by atoms with E-state index in [2.05, 4.69) is 4.74 Å². The number of carboxylic acids is 1. The summed E-state index contributed by atoms with van der Waals surface area (Å²) >= 11 is 0. The van der Waals surface area contributed by atoms with Crippen molar-refractivity contribution in [2.24, 2.45) is 0 Å². The van der Waals surface area contributed by atoms with E-state index in [1.165, 1.54) is 12.1 Å². The molecule has 1 rings (SSSR count). The highest BCUT2D eigenvalue weighted by molar-refractivity contribution is 5.77. The van der Waals surface area contributed by atoms with Gasteiger partial charge in [0.2, 0.25) is 0 Å². The van der Waals surface area contributed by atoms with Crippen LogP contribution in [0.3, 0.4) is 0 Å². The van der Waals surface area contributed by atoms with Crippen LogP contribution in [0, 0.1) is 0 Å². The van der Waals surface area contributed by atoms with E-state index >= 15 is 0 Å². The SMILES string of the molecule is CCN(C(C)c1ccc(OC(F)F)cc1)C(C)(C)C(=O)O. The molecule has 0 bridgehead atoms. The normalized spacial score (nSPS) is 13.5. The molecule has 6 heteroatoms. The van der Waals surface area contributed by atoms with Crippen molar-refractivity contribution in [3.63, 3.8) is 0 Å². The van der Waals surface area contributed by atoms with Crippen molar-refractivity contribution in [2.45, 2.75) is 45.9 Å². The minimum absolute atomic E-state index is 0.0847. The molecule has 0 aromatic heterocycles. The molecule has 0 aliphatic heterocycles. The molecule has 1 aromatic carbocycles. The quantitative estimate of drug-likeness (QED) is 0.837. The molecule has 4 nitrogen and oxygen atoms in total. The van der Waals surface area contributed by atoms with Crippen molar-refractivity contribution >= 4 is 5.97 Å². The average Bonchev–Trinajstić information content (AvgIpc) is 2.39. The molecule has 0 saturated heterocycles. The van der Waals surface area contributed by atoms with Crippen LogP contribution >= 0.6 is 0 Å². The third-order valence-corrected chi connectivity index (χ3v) is 3.64. The van der Waals surface area contributed by atoms with Crippen molar-refractivity contribution in [1.29, 1.82) is 0 Å². The second-order valence-electron chi connectivity index (χ2n) is 5.27. The first-order chi connectivity index (χ1) is 9.70. The Hall–Kier alpha value is -1.69. The van der Waals surface area contributed by atoms with Gasteiger partial charge in [-0.25, -0.2) is 0 Å². The van der Waals surface area contributed by atoms with Crippen molar-refractivity contribution < 1.29 is 23.4 Å². The second-order valence-corrected chi connectivity index (χ2v) is 5.27. The van der Waals surface area contributed by atoms with Gasteiger partial charge in [-0.05, 0) is 45.0 Å². The molecule has 0 radical (unpaired) electrons. The van der Waals surface area contributed by atoms with Crippen LogP contribution in [0.2, 0.25) is 0 Å². The van der Waals surface area contributed by atoms with Gasteiger partial charge in [-0.3, -0.25) is 9.69 Å². The van der Waals surface area contributed by atoms with Crippen molar-refractivity contribution in [3.8, 4) is 5.75 Å². The summed E-state index contributed by atoms with van der Waals surface area (Å²) in [6.07, 6.45) is 0. The van der Waals surface area contributed by atoms with E-state index < -0.39 is 18.1 Å². The monoisotopic (exact) mass is 301 g/mol. The number of hydrogen-bond acceptors (Lipinski definition) is 3. The molecule has 0 aliphatic carbocycles. The fraction of sp³-hybridized carbons (Fsp3) is 0.533. The summed E-state index contributed by atoms with van der Waals surface area (Å²) in [7, 11) is 0. The van der Waals surface area contributed by atoms with E-state index in [9.17, 15) is 18.7 Å². The number of carboxylic acid groups (broad SMARTS) is 1. The van der Waals surface area contributed by atoms with Gasteiger partial charge in [0.25, 0.3) is 0 Å². The van der Waals surface area contributed by atoms with Crippen LogP contribution < -0.4 is 4.74 Å². The van der Waals surface area contributed by atoms with Crippen LogP contribution in [0.25, 0.3) is 0 Å². The molecular weight excluding hydrogens is 280 g/mol. The first-order valence-corrected chi connectivity index (χ1v) is 6.75. The summed E-state index contributed by atoms with van der Waals surface area (Å²) in [6.45, 7) is 4.75. The lowest BCUT2D eigenvalue weighted by atomic mass is 9.97. The van der Waals surface area contributed by atoms with E-state index in [-0.39, 0.29) is 11.8 Å². The summed E-state index contributed by atoms with van der Waals surface area (Å²) in [5.74, 6) is -0.824. The molecule has 0 fully saturated rings. The number of halogens is 2. The first-order valence-electron chi connectivity index (χ1n) is 6.75. The van der Waals surface area contributed by atoms with E-state index in [1.807, 2.05) is 18.7 Å². The summed E-state index contributed by atoms with van der Waals surface area (Å²) in [5, 5.41) is 9.34. The summed E-state index contributed by atoms with van der Waals surface area (Å²) in [4.78, 5) is 13.2. The average molecular weight is 301 g/mol. The maximum Gasteiger partial charge on any atom is 0.387 e. The third kappa shape index (κ3) is 4.14. The van der Waals surface area contributed by atoms with E-state index in [1.54, 1.807) is 26.0 Å². The highest BCUT2D eigenvalue weighted by atomic mass is 19.3. The van der Waals surface area contributed by atoms with Gasteiger partial charge in [0.1, 0.15) is 11.3 Å². The third-order valence-electron chi connectivity index (χ3n) is 3.64. The second kappa shape index (κ2) is 6.85. The molecule has 0 heterocycles. The van der Waals surface area contributed by atoms with Crippen LogP contribution in [0.1, 0.15) is 39.3 Å². The van der Waals surface area contributed by atoms with Crippen LogP contribution in [-0.2, 0) is 4.79 Å². The van der Waals surface area contributed by atoms with Gasteiger partial charge < -0.3 is 9.84 Å². The summed E-state index contributed by atoms with van der Waals surface area (Å²) < 4.78 is 28.5. The minimum atomic E-state index is -2.86. The molecule has 118 valence electrons. The maximum absolute atomic E-state index is 12.1. The number of benzene rings is 1. The number of hydrogen-bond donors (Lipinski definition) is 1. The van der Waals surface area contributed by atoms with Crippen LogP contribution in [-0.4, -0.2) is 34.7 Å². The lowest BCUT2D eigenvalue weighted by Crippen LogP contribution is -2.50. The Bertz CT molecular complexity index is 474. The van der Waals surface area contributed by atoms with Gasteiger partial charge >= 0.3 is 12.6 Å². The fourth-order valence-corrected chi connectivity index (χ4v) is 2.38. The van der Waals surface area contributed by atoms with Crippen LogP contribution in [0.15, 0.2) is 24.3 Å². The number of aliphatic carboxylic acids is 1. The molecule has 0 saturated carbocycles. The van der Waals surface area contributed by atoms with Gasteiger partial charge in [-0.15, -0.1) is 0 Å². The Labute approximate surface area is 123 Å². The molecule has 0 spiro atoms. The molecule has 1 unspecified atom stereocenters. The number of nitrogens with zero attached hydrogens (tertiary/aromatic N) is 1. The van der Waals surface area contributed by atoms with E-state index in [0.29, 0.717) is 6.54 Å². The maximum atomic E-state index is 12.1. The standard InChI is InChI=1S/C15H21F2NO3/c1-5-18(15(3,4)13(19)20)10(2)11-6-8-12(9-7-11)21-14(16)17/h6-10,14H,5H2,1-4H3,(H,19,20). The van der Waals surface area contributed by atoms with Gasteiger partial charge in [-0.1, -0.05) is 19.1 Å². The Morgan fingerprint density at radius 3 is 2.24 bits per heavy atom. The smallest absolute Gasteiger partial charge is 0.387 e. The van der Waals surface area contributed by atoms with Gasteiger partial charge in [-0.2, -0.15) is 8.78 Å². The number of rotatable bonds is 7. The van der Waals surface area contributed by atoms with Crippen LogP contribution in [0.5, 0.6) is 5.75 Å². The van der Waals surface area contributed by atoms with Crippen LogP contribution in [0.4, 0.5) is 8.78 Å². The predicted molar refractivity (Wildman–Crippen MR) is 75.6 cm³/mol. The minimum Gasteiger partial charge on any atom is -0.480 e. The largest absolute Gasteiger partial charge is 0.480 e. The molecule has 0 aliphatic rings. The van der Waals surface area contributed by atoms with Gasteiger partial charge in [0, 0.05) is 6.04 Å². The van der Waals surface area contributed by atoms with Gasteiger partial charge in [0.15, 0.2) is 0 Å². The van der Waals surface area contributed by atoms with E-state index in [4.69, 9.17) is 0 Å². The Balaban J connectivity index is 2.95. The Morgan fingerprint density at radius 2 is 1.86 bits per heavy atom. The topological polar surface area (TPSA) is 49.8 Å². The zero-order valence-corrected chi connectivity index (χ0v) is 12.6. The lowest BCUT2D eigenvalue weighted by Gasteiger charge is -2.39. The van der Waals surface area contributed by atoms with E-state index in [0.717, 1.165) is 5.56 Å². The predicted octanol–water partition coefficient (Wildman–Crippen LogP) is 3.53. The van der Waals surface area contributed by atoms with Crippen molar-refractivity contribution in [1.82, 2.24) is 4.90 Å². The number of carbonyl (C=O) groups is 1. The zero-order valence-electron chi connectivity index (χ0n) is 12.6. The Kier molecular flexibility index (Phi) is 5.66. The zero-order chi connectivity index (χ0) is 16.2. The van der Waals surface area contributed by atoms with Crippen molar-refractivity contribution in [3.05, 3.63) is 29.8 Å². The fourth-order valence-electron chi connectivity index (χ4n) is 2.38. The summed E-state index contributed by atoms with van der Waals surface area (Å²) in [5.41, 5.74) is -0.181. The molecule has 1 atom stereocenters. The highest BCUT2D eigenvalue weighted by Gasteiger charge is 2.36. The molecular formula is C15H21F2NO3. The van der Waals surface area contributed by atoms with Gasteiger partial charge in [0.05, 0.1) is 0 Å². The molecule has 1 aromatic rings. The molecule has 21 heavy (non-hydrogen) atoms. The number of ether oxygens (including phenoxy) is 1. The Morgan fingerprint density at radius 1 is 1.33 bits per heavy atom. The highest BCUT2D eigenvalue weighted by Crippen LogP contribution is 2.29. The first kappa shape index (κ1) is 17.4. The van der Waals surface area contributed by atoms with Crippen molar-refractivity contribution in [2.75, 3.05) is 6.54 Å². The number of alkyl halides is 2. The summed E-state index contributed by atoms with van der Waals surface area (Å²) in [6, 6.07) is 6.09.